The summed E-state index contributed by atoms with van der Waals surface area (Å²) < 4.78 is 37.4. The van der Waals surface area contributed by atoms with Gasteiger partial charge in [0.05, 0.1) is 17.5 Å². The molecule has 2 aromatic rings. The first-order chi connectivity index (χ1) is 10.9. The van der Waals surface area contributed by atoms with Crippen LogP contribution >= 0.6 is 0 Å². The molecule has 1 N–H and O–H groups in total. The standard InChI is InChI=1S/C16H10F3N3O/c17-16(18,19)11-7-5-10(6-8-11)9-20-22-14-12-3-1-2-4-13(12)21-15(14)23/h1-9H,(H,21,22,23)/b20-9-. The molecule has 0 saturated heterocycles. The Morgan fingerprint density at radius 3 is 2.39 bits per heavy atom. The summed E-state index contributed by atoms with van der Waals surface area (Å²) in [5.74, 6) is -0.365. The first kappa shape index (κ1) is 15.0. The fourth-order valence-electron chi connectivity index (χ4n) is 2.11. The maximum Gasteiger partial charge on any atom is 0.416 e. The predicted molar refractivity (Wildman–Crippen MR) is 80.6 cm³/mol. The molecule has 0 unspecified atom stereocenters. The number of carbonyl (C=O) groups is 1. The Morgan fingerprint density at radius 2 is 1.70 bits per heavy atom. The Kier molecular flexibility index (Phi) is 3.69. The molecule has 1 aliphatic heterocycles. The van der Waals surface area contributed by atoms with Crippen LogP contribution in [0.5, 0.6) is 0 Å². The minimum absolute atomic E-state index is 0.170. The normalized spacial score (nSPS) is 16.0. The number of nitrogens with zero attached hydrogens (tertiary/aromatic N) is 2. The van der Waals surface area contributed by atoms with Gasteiger partial charge in [-0.25, -0.2) is 0 Å². The van der Waals surface area contributed by atoms with Crippen molar-refractivity contribution in [3.63, 3.8) is 0 Å². The molecule has 1 aliphatic rings. The third-order valence-electron chi connectivity index (χ3n) is 3.25. The van der Waals surface area contributed by atoms with Crippen molar-refractivity contribution in [1.29, 1.82) is 0 Å². The average Bonchev–Trinajstić information content (AvgIpc) is 2.83. The van der Waals surface area contributed by atoms with E-state index in [1.165, 1.54) is 18.3 Å². The van der Waals surface area contributed by atoms with E-state index < -0.39 is 11.7 Å². The van der Waals surface area contributed by atoms with E-state index in [1.54, 1.807) is 24.3 Å². The highest BCUT2D eigenvalue weighted by molar-refractivity contribution is 6.53. The summed E-state index contributed by atoms with van der Waals surface area (Å²) in [6.07, 6.45) is -3.08. The first-order valence-corrected chi connectivity index (χ1v) is 6.64. The number of rotatable bonds is 2. The Bertz CT molecular complexity index is 808. The molecule has 0 radical (unpaired) electrons. The Hall–Kier alpha value is -2.96. The van der Waals surface area contributed by atoms with Crippen molar-refractivity contribution >= 4 is 23.5 Å². The maximum atomic E-state index is 12.5. The van der Waals surface area contributed by atoms with E-state index in [-0.39, 0.29) is 11.6 Å². The number of halogens is 3. The topological polar surface area (TPSA) is 53.8 Å². The van der Waals surface area contributed by atoms with Gasteiger partial charge in [0.2, 0.25) is 0 Å². The third kappa shape index (κ3) is 3.13. The molecule has 0 bridgehead atoms. The lowest BCUT2D eigenvalue weighted by Gasteiger charge is -2.05. The van der Waals surface area contributed by atoms with Crippen LogP contribution in [0.25, 0.3) is 0 Å². The fraction of sp³-hybridized carbons (Fsp3) is 0.0625. The van der Waals surface area contributed by atoms with Gasteiger partial charge < -0.3 is 5.32 Å². The predicted octanol–water partition coefficient (Wildman–Crippen LogP) is 3.48. The Morgan fingerprint density at radius 1 is 1.00 bits per heavy atom. The molecular weight excluding hydrogens is 307 g/mol. The number of anilines is 1. The van der Waals surface area contributed by atoms with Gasteiger partial charge in [-0.2, -0.15) is 18.3 Å². The number of carbonyl (C=O) groups excluding carboxylic acids is 1. The summed E-state index contributed by atoms with van der Waals surface area (Å²) in [6, 6.07) is 11.5. The molecular formula is C16H10F3N3O. The molecule has 2 aromatic carbocycles. The lowest BCUT2D eigenvalue weighted by molar-refractivity contribution is -0.137. The zero-order chi connectivity index (χ0) is 16.4. The van der Waals surface area contributed by atoms with Crippen LogP contribution in [0.2, 0.25) is 0 Å². The largest absolute Gasteiger partial charge is 0.416 e. The minimum atomic E-state index is -4.37. The summed E-state index contributed by atoms with van der Waals surface area (Å²) in [6.45, 7) is 0. The van der Waals surface area contributed by atoms with Crippen molar-refractivity contribution in [3.8, 4) is 0 Å². The molecule has 0 spiro atoms. The molecule has 116 valence electrons. The van der Waals surface area contributed by atoms with Gasteiger partial charge in [-0.1, -0.05) is 30.3 Å². The zero-order valence-corrected chi connectivity index (χ0v) is 11.6. The maximum absolute atomic E-state index is 12.5. The SMILES string of the molecule is O=C1Nc2ccccc2/C1=N/N=C\c1ccc(C(F)(F)F)cc1. The molecule has 0 saturated carbocycles. The average molecular weight is 317 g/mol. The Labute approximate surface area is 129 Å². The van der Waals surface area contributed by atoms with Gasteiger partial charge >= 0.3 is 6.18 Å². The molecule has 0 atom stereocenters. The molecule has 0 aliphatic carbocycles. The number of hydrogen-bond donors (Lipinski definition) is 1. The second kappa shape index (κ2) is 5.68. The van der Waals surface area contributed by atoms with Crippen LogP contribution in [0.3, 0.4) is 0 Å². The van der Waals surface area contributed by atoms with Crippen molar-refractivity contribution in [1.82, 2.24) is 0 Å². The van der Waals surface area contributed by atoms with Crippen molar-refractivity contribution in [2.24, 2.45) is 10.2 Å². The van der Waals surface area contributed by atoms with Gasteiger partial charge in [0.25, 0.3) is 5.91 Å². The quantitative estimate of drug-likeness (QED) is 0.669. The van der Waals surface area contributed by atoms with Crippen molar-refractivity contribution in [2.75, 3.05) is 5.32 Å². The van der Waals surface area contributed by atoms with Gasteiger partial charge in [0.15, 0.2) is 5.71 Å². The minimum Gasteiger partial charge on any atom is -0.320 e. The van der Waals surface area contributed by atoms with Gasteiger partial charge in [0, 0.05) is 5.56 Å². The van der Waals surface area contributed by atoms with Crippen molar-refractivity contribution in [2.45, 2.75) is 6.18 Å². The van der Waals surface area contributed by atoms with Crippen LogP contribution in [0.4, 0.5) is 18.9 Å². The number of alkyl halides is 3. The summed E-state index contributed by atoms with van der Waals surface area (Å²) in [5, 5.41) is 10.3. The molecule has 4 nitrogen and oxygen atoms in total. The number of para-hydroxylation sites is 1. The lowest BCUT2D eigenvalue weighted by Crippen LogP contribution is -2.13. The van der Waals surface area contributed by atoms with E-state index in [4.69, 9.17) is 0 Å². The molecule has 1 amide bonds. The van der Waals surface area contributed by atoms with Crippen molar-refractivity contribution < 1.29 is 18.0 Å². The molecule has 23 heavy (non-hydrogen) atoms. The second-order valence-electron chi connectivity index (χ2n) is 4.81. The summed E-state index contributed by atoms with van der Waals surface area (Å²) >= 11 is 0. The number of amides is 1. The summed E-state index contributed by atoms with van der Waals surface area (Å²) in [5.41, 5.74) is 1.19. The van der Waals surface area contributed by atoms with Gasteiger partial charge in [0.1, 0.15) is 0 Å². The van der Waals surface area contributed by atoms with Gasteiger partial charge in [-0.3, -0.25) is 4.79 Å². The monoisotopic (exact) mass is 317 g/mol. The number of benzene rings is 2. The second-order valence-corrected chi connectivity index (χ2v) is 4.81. The number of fused-ring (bicyclic) bond motifs is 1. The van der Waals surface area contributed by atoms with Crippen LogP contribution < -0.4 is 5.32 Å². The van der Waals surface area contributed by atoms with Gasteiger partial charge in [-0.05, 0) is 23.8 Å². The highest BCUT2D eigenvalue weighted by atomic mass is 19.4. The fourth-order valence-corrected chi connectivity index (χ4v) is 2.11. The first-order valence-electron chi connectivity index (χ1n) is 6.64. The molecule has 0 fully saturated rings. The number of nitrogens with one attached hydrogen (secondary N) is 1. The van der Waals surface area contributed by atoms with E-state index in [2.05, 4.69) is 15.5 Å². The smallest absolute Gasteiger partial charge is 0.320 e. The van der Waals surface area contributed by atoms with E-state index in [1.807, 2.05) is 0 Å². The molecule has 7 heteroatoms. The van der Waals surface area contributed by atoms with Gasteiger partial charge in [-0.15, -0.1) is 5.10 Å². The zero-order valence-electron chi connectivity index (χ0n) is 11.6. The van der Waals surface area contributed by atoms with Crippen LogP contribution in [0.15, 0.2) is 58.7 Å². The van der Waals surface area contributed by atoms with Crippen LogP contribution in [0.1, 0.15) is 16.7 Å². The van der Waals surface area contributed by atoms with Crippen molar-refractivity contribution in [3.05, 3.63) is 65.2 Å². The van der Waals surface area contributed by atoms with Crippen LogP contribution in [-0.4, -0.2) is 17.8 Å². The molecule has 1 heterocycles. The van der Waals surface area contributed by atoms with E-state index in [0.717, 1.165) is 12.1 Å². The Balaban J connectivity index is 1.80. The lowest BCUT2D eigenvalue weighted by atomic mass is 10.1. The van der Waals surface area contributed by atoms with Crippen LogP contribution in [-0.2, 0) is 11.0 Å². The highest BCUT2D eigenvalue weighted by Gasteiger charge is 2.29. The van der Waals surface area contributed by atoms with Crippen LogP contribution in [0, 0.1) is 0 Å². The molecule has 3 rings (SSSR count). The number of hydrogen-bond acceptors (Lipinski definition) is 3. The highest BCUT2D eigenvalue weighted by Crippen LogP contribution is 2.29. The van der Waals surface area contributed by atoms with E-state index in [0.29, 0.717) is 16.8 Å². The summed E-state index contributed by atoms with van der Waals surface area (Å²) in [4.78, 5) is 11.8. The third-order valence-corrected chi connectivity index (χ3v) is 3.25. The summed E-state index contributed by atoms with van der Waals surface area (Å²) in [7, 11) is 0. The van der Waals surface area contributed by atoms with E-state index in [9.17, 15) is 18.0 Å². The van der Waals surface area contributed by atoms with E-state index >= 15 is 0 Å². The molecule has 0 aromatic heterocycles.